The maximum absolute atomic E-state index is 12.1. The van der Waals surface area contributed by atoms with Crippen LogP contribution >= 0.6 is 0 Å². The van der Waals surface area contributed by atoms with E-state index in [0.717, 1.165) is 0 Å². The number of amides is 3. The second kappa shape index (κ2) is 9.70. The highest BCUT2D eigenvalue weighted by atomic mass is 16.5. The average molecular weight is 389 g/mol. The van der Waals surface area contributed by atoms with Crippen molar-refractivity contribution in [3.63, 3.8) is 0 Å². The highest BCUT2D eigenvalue weighted by Crippen LogP contribution is 2.16. The fraction of sp³-hybridized carbons (Fsp3) is 0.444. The zero-order chi connectivity index (χ0) is 19.8. The molecule has 2 heterocycles. The number of ether oxygens (including phenoxy) is 2. The molecule has 0 saturated carbocycles. The Labute approximate surface area is 162 Å². The molecule has 0 bridgehead atoms. The van der Waals surface area contributed by atoms with Gasteiger partial charge in [-0.1, -0.05) is 12.1 Å². The Morgan fingerprint density at radius 2 is 1.96 bits per heavy atom. The summed E-state index contributed by atoms with van der Waals surface area (Å²) in [5.41, 5.74) is 0.590. The van der Waals surface area contributed by atoms with Gasteiger partial charge in [0.1, 0.15) is 5.75 Å². The summed E-state index contributed by atoms with van der Waals surface area (Å²) in [6.07, 6.45) is 0.645. The van der Waals surface area contributed by atoms with Crippen LogP contribution in [0.25, 0.3) is 0 Å². The SMILES string of the molecule is CCc1nc(CNC(=O)Nc2ccc(OCC(=O)N3CCOCC3)cc2)no1. The number of nitrogens with zero attached hydrogens (tertiary/aromatic N) is 3. The van der Waals surface area contributed by atoms with Gasteiger partial charge < -0.3 is 29.5 Å². The van der Waals surface area contributed by atoms with Gasteiger partial charge in [0.05, 0.1) is 19.8 Å². The van der Waals surface area contributed by atoms with Crippen LogP contribution in [0.3, 0.4) is 0 Å². The molecule has 1 aliphatic heterocycles. The standard InChI is InChI=1S/C18H23N5O5/c1-2-16-21-15(22-28-16)11-19-18(25)20-13-3-5-14(6-4-13)27-12-17(24)23-7-9-26-10-8-23/h3-6H,2,7-12H2,1H3,(H2,19,20,25). The lowest BCUT2D eigenvalue weighted by Crippen LogP contribution is -2.42. The molecule has 3 rings (SSSR count). The summed E-state index contributed by atoms with van der Waals surface area (Å²) in [5, 5.41) is 9.11. The Morgan fingerprint density at radius 1 is 1.21 bits per heavy atom. The van der Waals surface area contributed by atoms with E-state index in [4.69, 9.17) is 14.0 Å². The molecule has 0 radical (unpaired) electrons. The van der Waals surface area contributed by atoms with Gasteiger partial charge in [0.15, 0.2) is 12.4 Å². The number of carbonyl (C=O) groups is 2. The van der Waals surface area contributed by atoms with Gasteiger partial charge in [-0.25, -0.2) is 4.79 Å². The Kier molecular flexibility index (Phi) is 6.79. The predicted molar refractivity (Wildman–Crippen MR) is 98.9 cm³/mol. The van der Waals surface area contributed by atoms with Crippen LogP contribution in [-0.2, 0) is 22.5 Å². The van der Waals surface area contributed by atoms with E-state index >= 15 is 0 Å². The lowest BCUT2D eigenvalue weighted by atomic mass is 10.3. The Morgan fingerprint density at radius 3 is 2.64 bits per heavy atom. The van der Waals surface area contributed by atoms with Gasteiger partial charge in [-0.3, -0.25) is 4.79 Å². The summed E-state index contributed by atoms with van der Waals surface area (Å²) < 4.78 is 15.7. The van der Waals surface area contributed by atoms with E-state index < -0.39 is 0 Å². The number of urea groups is 1. The molecule has 0 spiro atoms. The topological polar surface area (TPSA) is 119 Å². The molecule has 150 valence electrons. The molecule has 0 unspecified atom stereocenters. The van der Waals surface area contributed by atoms with Crippen molar-refractivity contribution in [3.8, 4) is 5.75 Å². The van der Waals surface area contributed by atoms with Crippen molar-refractivity contribution in [3.05, 3.63) is 36.0 Å². The minimum Gasteiger partial charge on any atom is -0.484 e. The van der Waals surface area contributed by atoms with Gasteiger partial charge in [0, 0.05) is 25.2 Å². The van der Waals surface area contributed by atoms with Crippen molar-refractivity contribution >= 4 is 17.6 Å². The van der Waals surface area contributed by atoms with Crippen LogP contribution in [-0.4, -0.2) is 59.9 Å². The van der Waals surface area contributed by atoms with E-state index in [9.17, 15) is 9.59 Å². The number of nitrogens with one attached hydrogen (secondary N) is 2. The number of benzene rings is 1. The highest BCUT2D eigenvalue weighted by molar-refractivity contribution is 5.89. The zero-order valence-corrected chi connectivity index (χ0v) is 15.6. The lowest BCUT2D eigenvalue weighted by Gasteiger charge is -2.26. The molecule has 1 saturated heterocycles. The number of rotatable bonds is 7. The van der Waals surface area contributed by atoms with Gasteiger partial charge in [0.25, 0.3) is 5.91 Å². The summed E-state index contributed by atoms with van der Waals surface area (Å²) in [7, 11) is 0. The largest absolute Gasteiger partial charge is 0.484 e. The van der Waals surface area contributed by atoms with Crippen LogP contribution in [0.2, 0.25) is 0 Å². The van der Waals surface area contributed by atoms with Crippen LogP contribution in [0.5, 0.6) is 5.75 Å². The molecule has 3 amide bonds. The van der Waals surface area contributed by atoms with Crippen molar-refractivity contribution in [2.24, 2.45) is 0 Å². The molecule has 0 atom stereocenters. The average Bonchev–Trinajstić information content (AvgIpc) is 3.20. The summed E-state index contributed by atoms with van der Waals surface area (Å²) in [5.74, 6) is 1.42. The normalized spacial score (nSPS) is 13.8. The summed E-state index contributed by atoms with van der Waals surface area (Å²) >= 11 is 0. The van der Waals surface area contributed by atoms with Gasteiger partial charge in [0.2, 0.25) is 5.89 Å². The fourth-order valence-electron chi connectivity index (χ4n) is 2.52. The van der Waals surface area contributed by atoms with Crippen LogP contribution in [0.15, 0.2) is 28.8 Å². The summed E-state index contributed by atoms with van der Waals surface area (Å²) in [4.78, 5) is 29.8. The predicted octanol–water partition coefficient (Wildman–Crippen LogP) is 1.19. The van der Waals surface area contributed by atoms with E-state index in [1.165, 1.54) is 0 Å². The molecular weight excluding hydrogens is 366 g/mol. The molecule has 2 aromatic rings. The van der Waals surface area contributed by atoms with Crippen molar-refractivity contribution < 1.29 is 23.6 Å². The zero-order valence-electron chi connectivity index (χ0n) is 15.6. The van der Waals surface area contributed by atoms with E-state index in [1.54, 1.807) is 29.2 Å². The third kappa shape index (κ3) is 5.68. The van der Waals surface area contributed by atoms with Crippen molar-refractivity contribution in [2.75, 3.05) is 38.2 Å². The third-order valence-electron chi connectivity index (χ3n) is 4.06. The first-order valence-electron chi connectivity index (χ1n) is 9.08. The first-order chi connectivity index (χ1) is 13.6. The van der Waals surface area contributed by atoms with E-state index in [-0.39, 0.29) is 25.1 Å². The second-order valence-electron chi connectivity index (χ2n) is 6.07. The molecule has 1 fully saturated rings. The molecule has 1 aliphatic rings. The third-order valence-corrected chi connectivity index (χ3v) is 4.06. The molecule has 1 aromatic heterocycles. The molecule has 28 heavy (non-hydrogen) atoms. The Bertz CT molecular complexity index is 786. The molecule has 1 aromatic carbocycles. The summed E-state index contributed by atoms with van der Waals surface area (Å²) in [6.45, 7) is 4.33. The number of carbonyl (C=O) groups excluding carboxylic acids is 2. The van der Waals surface area contributed by atoms with E-state index in [0.29, 0.717) is 55.9 Å². The fourth-order valence-corrected chi connectivity index (χ4v) is 2.52. The van der Waals surface area contributed by atoms with Crippen LogP contribution < -0.4 is 15.4 Å². The maximum Gasteiger partial charge on any atom is 0.319 e. The molecular formula is C18H23N5O5. The van der Waals surface area contributed by atoms with E-state index in [2.05, 4.69) is 20.8 Å². The number of morpholine rings is 1. The van der Waals surface area contributed by atoms with Gasteiger partial charge in [-0.2, -0.15) is 4.98 Å². The second-order valence-corrected chi connectivity index (χ2v) is 6.07. The quantitative estimate of drug-likeness (QED) is 0.730. The van der Waals surface area contributed by atoms with Crippen molar-refractivity contribution in [1.82, 2.24) is 20.4 Å². The van der Waals surface area contributed by atoms with Gasteiger partial charge in [-0.15, -0.1) is 0 Å². The van der Waals surface area contributed by atoms with E-state index in [1.807, 2.05) is 6.92 Å². The molecule has 2 N–H and O–H groups in total. The van der Waals surface area contributed by atoms with Gasteiger partial charge >= 0.3 is 6.03 Å². The Hall–Kier alpha value is -3.14. The van der Waals surface area contributed by atoms with Gasteiger partial charge in [-0.05, 0) is 24.3 Å². The minimum atomic E-state index is -0.390. The summed E-state index contributed by atoms with van der Waals surface area (Å²) in [6, 6.07) is 6.37. The number of aryl methyl sites for hydroxylation is 1. The van der Waals surface area contributed by atoms with Crippen LogP contribution in [0.4, 0.5) is 10.5 Å². The van der Waals surface area contributed by atoms with Crippen LogP contribution in [0.1, 0.15) is 18.6 Å². The smallest absolute Gasteiger partial charge is 0.319 e. The number of hydrogen-bond acceptors (Lipinski definition) is 7. The lowest BCUT2D eigenvalue weighted by molar-refractivity contribution is -0.137. The highest BCUT2D eigenvalue weighted by Gasteiger charge is 2.17. The molecule has 10 nitrogen and oxygen atoms in total. The molecule has 0 aliphatic carbocycles. The molecule has 10 heteroatoms. The monoisotopic (exact) mass is 389 g/mol. The number of aromatic nitrogens is 2. The minimum absolute atomic E-state index is 0.0300. The number of anilines is 1. The Balaban J connectivity index is 1.40. The number of hydrogen-bond donors (Lipinski definition) is 2. The first kappa shape index (κ1) is 19.6. The van der Waals surface area contributed by atoms with Crippen LogP contribution in [0, 0.1) is 0 Å². The maximum atomic E-state index is 12.1. The van der Waals surface area contributed by atoms with Crippen molar-refractivity contribution in [2.45, 2.75) is 19.9 Å². The first-order valence-corrected chi connectivity index (χ1v) is 9.08. The van der Waals surface area contributed by atoms with Crippen molar-refractivity contribution in [1.29, 1.82) is 0 Å².